The second kappa shape index (κ2) is 2.62. The molecule has 0 unspecified atom stereocenters. The lowest BCUT2D eigenvalue weighted by Gasteiger charge is -2.07. The lowest BCUT2D eigenvalue weighted by molar-refractivity contribution is 0.453. The first-order valence-corrected chi connectivity index (χ1v) is 3.32. The summed E-state index contributed by atoms with van der Waals surface area (Å²) in [5.74, 6) is 0. The minimum Gasteiger partial charge on any atom is -0.324 e. The van der Waals surface area contributed by atoms with Crippen molar-refractivity contribution in [2.45, 2.75) is 18.4 Å². The fourth-order valence-corrected chi connectivity index (χ4v) is 0.741. The van der Waals surface area contributed by atoms with Gasteiger partial charge in [0.25, 0.3) is 0 Å². The molecule has 0 radical (unpaired) electrons. The highest BCUT2D eigenvalue weighted by atomic mass is 19.1. The minimum absolute atomic E-state index is 0.0230. The monoisotopic (exact) mass is 132 g/mol. The Balaban J connectivity index is 1.92. The molecule has 3 N–H and O–H groups in total. The summed E-state index contributed by atoms with van der Waals surface area (Å²) >= 11 is 0. The van der Waals surface area contributed by atoms with E-state index in [0.717, 1.165) is 19.4 Å². The summed E-state index contributed by atoms with van der Waals surface area (Å²) in [6.07, 6.45) is 2.18. The Labute approximate surface area is 54.6 Å². The van der Waals surface area contributed by atoms with Crippen molar-refractivity contribution in [2.75, 3.05) is 19.8 Å². The third-order valence-corrected chi connectivity index (χ3v) is 1.64. The number of hydrogen-bond acceptors (Lipinski definition) is 2. The van der Waals surface area contributed by atoms with Gasteiger partial charge in [-0.3, -0.25) is 0 Å². The van der Waals surface area contributed by atoms with E-state index < -0.39 is 0 Å². The Hall–Kier alpha value is -0.150. The second-order valence-electron chi connectivity index (χ2n) is 2.73. The summed E-state index contributed by atoms with van der Waals surface area (Å²) in [7, 11) is 0. The van der Waals surface area contributed by atoms with Gasteiger partial charge < -0.3 is 11.1 Å². The fourth-order valence-electron chi connectivity index (χ4n) is 0.741. The summed E-state index contributed by atoms with van der Waals surface area (Å²) < 4.78 is 11.5. The molecule has 0 atom stereocenters. The van der Waals surface area contributed by atoms with E-state index in [2.05, 4.69) is 5.32 Å². The van der Waals surface area contributed by atoms with Crippen LogP contribution in [0, 0.1) is 0 Å². The molecule has 1 saturated carbocycles. The zero-order valence-corrected chi connectivity index (χ0v) is 5.49. The average Bonchev–Trinajstić information content (AvgIpc) is 2.50. The van der Waals surface area contributed by atoms with Gasteiger partial charge in [-0.15, -0.1) is 0 Å². The molecular weight excluding hydrogens is 119 g/mol. The van der Waals surface area contributed by atoms with E-state index in [1.807, 2.05) is 0 Å². The van der Waals surface area contributed by atoms with Gasteiger partial charge in [0.1, 0.15) is 6.67 Å². The number of alkyl halides is 1. The number of rotatable bonds is 4. The Morgan fingerprint density at radius 2 is 2.22 bits per heavy atom. The normalized spacial score (nSPS) is 22.0. The third-order valence-electron chi connectivity index (χ3n) is 1.64. The summed E-state index contributed by atoms with van der Waals surface area (Å²) in [5, 5.41) is 2.94. The summed E-state index contributed by atoms with van der Waals surface area (Å²) in [5.41, 5.74) is 5.73. The lowest BCUT2D eigenvalue weighted by Crippen LogP contribution is -2.36. The van der Waals surface area contributed by atoms with E-state index in [4.69, 9.17) is 5.73 Å². The van der Waals surface area contributed by atoms with Crippen LogP contribution >= 0.6 is 0 Å². The number of hydrogen-bond donors (Lipinski definition) is 2. The van der Waals surface area contributed by atoms with Gasteiger partial charge in [0.05, 0.1) is 0 Å². The molecule has 0 heterocycles. The quantitative estimate of drug-likeness (QED) is 0.530. The van der Waals surface area contributed by atoms with Gasteiger partial charge in [-0.2, -0.15) is 0 Å². The van der Waals surface area contributed by atoms with Crippen molar-refractivity contribution >= 4 is 0 Å². The SMILES string of the molecule is NC1(CNCCF)CC1. The number of halogens is 1. The second-order valence-corrected chi connectivity index (χ2v) is 2.73. The van der Waals surface area contributed by atoms with E-state index in [1.54, 1.807) is 0 Å². The molecule has 2 nitrogen and oxygen atoms in total. The van der Waals surface area contributed by atoms with Crippen molar-refractivity contribution in [3.63, 3.8) is 0 Å². The predicted octanol–water partition coefficient (Wildman–Crippen LogP) is 0.0368. The topological polar surface area (TPSA) is 38.0 Å². The first kappa shape index (κ1) is 6.96. The highest BCUT2D eigenvalue weighted by Crippen LogP contribution is 2.30. The zero-order valence-electron chi connectivity index (χ0n) is 5.49. The molecule has 1 fully saturated rings. The van der Waals surface area contributed by atoms with Crippen LogP contribution < -0.4 is 11.1 Å². The van der Waals surface area contributed by atoms with Crippen molar-refractivity contribution < 1.29 is 4.39 Å². The van der Waals surface area contributed by atoms with Crippen molar-refractivity contribution in [1.29, 1.82) is 0 Å². The molecule has 9 heavy (non-hydrogen) atoms. The van der Waals surface area contributed by atoms with E-state index >= 15 is 0 Å². The molecule has 3 heteroatoms. The standard InChI is InChI=1S/C6H13FN2/c7-3-4-9-5-6(8)1-2-6/h9H,1-5,8H2. The van der Waals surface area contributed by atoms with Crippen LogP contribution in [0.15, 0.2) is 0 Å². The van der Waals surface area contributed by atoms with Crippen LogP contribution in [0.2, 0.25) is 0 Å². The Morgan fingerprint density at radius 3 is 2.67 bits per heavy atom. The number of nitrogens with one attached hydrogen (secondary N) is 1. The first-order chi connectivity index (χ1) is 4.27. The van der Waals surface area contributed by atoms with E-state index in [1.165, 1.54) is 0 Å². The van der Waals surface area contributed by atoms with Gasteiger partial charge in [-0.1, -0.05) is 0 Å². The van der Waals surface area contributed by atoms with Crippen LogP contribution in [0.1, 0.15) is 12.8 Å². The van der Waals surface area contributed by atoms with E-state index in [0.29, 0.717) is 6.54 Å². The summed E-state index contributed by atoms with van der Waals surface area (Å²) in [6, 6.07) is 0. The largest absolute Gasteiger partial charge is 0.324 e. The highest BCUT2D eigenvalue weighted by Gasteiger charge is 2.37. The molecule has 0 spiro atoms. The Bertz CT molecular complexity index is 91.1. The summed E-state index contributed by atoms with van der Waals surface area (Å²) in [4.78, 5) is 0. The van der Waals surface area contributed by atoms with Crippen molar-refractivity contribution in [3.05, 3.63) is 0 Å². The molecule has 54 valence electrons. The zero-order chi connectivity index (χ0) is 6.74. The van der Waals surface area contributed by atoms with Crippen LogP contribution in [0.3, 0.4) is 0 Å². The smallest absolute Gasteiger partial charge is 0.102 e. The first-order valence-electron chi connectivity index (χ1n) is 3.32. The highest BCUT2D eigenvalue weighted by molar-refractivity contribution is 5.00. The number of nitrogens with two attached hydrogens (primary N) is 1. The van der Waals surface area contributed by atoms with Gasteiger partial charge in [0.2, 0.25) is 0 Å². The lowest BCUT2D eigenvalue weighted by atomic mass is 10.3. The third kappa shape index (κ3) is 2.28. The van der Waals surface area contributed by atoms with Crippen LogP contribution in [0.5, 0.6) is 0 Å². The Kier molecular flexibility index (Phi) is 2.03. The van der Waals surface area contributed by atoms with Crippen LogP contribution in [0.4, 0.5) is 4.39 Å². The molecule has 0 bridgehead atoms. The van der Waals surface area contributed by atoms with Gasteiger partial charge in [-0.25, -0.2) is 4.39 Å². The molecule has 0 aromatic rings. The molecule has 0 aliphatic heterocycles. The molecule has 1 aliphatic rings. The van der Waals surface area contributed by atoms with Gasteiger partial charge >= 0.3 is 0 Å². The fraction of sp³-hybridized carbons (Fsp3) is 1.00. The molecule has 0 aromatic heterocycles. The van der Waals surface area contributed by atoms with Gasteiger partial charge in [0, 0.05) is 18.6 Å². The predicted molar refractivity (Wildman–Crippen MR) is 35.0 cm³/mol. The van der Waals surface area contributed by atoms with Crippen LogP contribution in [-0.4, -0.2) is 25.3 Å². The molecule has 0 saturated heterocycles. The molecule has 0 aromatic carbocycles. The van der Waals surface area contributed by atoms with Gasteiger partial charge in [0.15, 0.2) is 0 Å². The molecule has 0 amide bonds. The van der Waals surface area contributed by atoms with E-state index in [9.17, 15) is 4.39 Å². The molecule has 1 aliphatic carbocycles. The minimum atomic E-state index is -0.296. The maximum absolute atomic E-state index is 11.5. The average molecular weight is 132 g/mol. The maximum Gasteiger partial charge on any atom is 0.102 e. The van der Waals surface area contributed by atoms with Gasteiger partial charge in [-0.05, 0) is 12.8 Å². The van der Waals surface area contributed by atoms with Crippen molar-refractivity contribution in [3.8, 4) is 0 Å². The molecular formula is C6H13FN2. The van der Waals surface area contributed by atoms with Crippen molar-refractivity contribution in [1.82, 2.24) is 5.32 Å². The van der Waals surface area contributed by atoms with Crippen LogP contribution in [0.25, 0.3) is 0 Å². The molecule has 1 rings (SSSR count). The van der Waals surface area contributed by atoms with E-state index in [-0.39, 0.29) is 12.2 Å². The summed E-state index contributed by atoms with van der Waals surface area (Å²) in [6.45, 7) is 0.923. The van der Waals surface area contributed by atoms with Crippen molar-refractivity contribution in [2.24, 2.45) is 5.73 Å². The maximum atomic E-state index is 11.5. The Morgan fingerprint density at radius 1 is 1.56 bits per heavy atom. The van der Waals surface area contributed by atoms with Crippen LogP contribution in [-0.2, 0) is 0 Å².